The first-order chi connectivity index (χ1) is 8.22. The Balaban J connectivity index is 1.83. The molecule has 1 aliphatic carbocycles. The fourth-order valence-electron chi connectivity index (χ4n) is 1.83. The number of carbonyl (C=O) groups is 1. The second-order valence-electron chi connectivity index (χ2n) is 4.49. The van der Waals surface area contributed by atoms with E-state index < -0.39 is 0 Å². The molecule has 0 aliphatic heterocycles. The van der Waals surface area contributed by atoms with Crippen LogP contribution in [0.25, 0.3) is 11.0 Å². The zero-order valence-electron chi connectivity index (χ0n) is 9.25. The van der Waals surface area contributed by atoms with Gasteiger partial charge in [0.15, 0.2) is 0 Å². The van der Waals surface area contributed by atoms with E-state index in [0.717, 1.165) is 6.54 Å². The topological polar surface area (TPSA) is 77.8 Å². The van der Waals surface area contributed by atoms with Crippen molar-refractivity contribution >= 4 is 16.9 Å². The van der Waals surface area contributed by atoms with Crippen LogP contribution in [0, 0.1) is 5.92 Å². The van der Waals surface area contributed by atoms with Crippen molar-refractivity contribution < 1.29 is 4.79 Å². The lowest BCUT2D eigenvalue weighted by Crippen LogP contribution is -2.25. The number of hydrogen-bond acceptors (Lipinski definition) is 2. The Morgan fingerprint density at radius 1 is 1.29 bits per heavy atom. The first-order valence-electron chi connectivity index (χ1n) is 5.72. The van der Waals surface area contributed by atoms with E-state index in [1.54, 1.807) is 18.2 Å². The quantitative estimate of drug-likeness (QED) is 0.736. The van der Waals surface area contributed by atoms with Crippen molar-refractivity contribution in [3.63, 3.8) is 0 Å². The van der Waals surface area contributed by atoms with Crippen molar-refractivity contribution in [1.82, 2.24) is 15.3 Å². The molecule has 1 heterocycles. The van der Waals surface area contributed by atoms with Crippen LogP contribution in [-0.4, -0.2) is 22.4 Å². The molecule has 1 aromatic carbocycles. The summed E-state index contributed by atoms with van der Waals surface area (Å²) < 4.78 is 0. The molecule has 2 aromatic rings. The summed E-state index contributed by atoms with van der Waals surface area (Å²) in [7, 11) is 0. The zero-order valence-corrected chi connectivity index (χ0v) is 9.25. The van der Waals surface area contributed by atoms with E-state index in [1.165, 1.54) is 12.8 Å². The minimum absolute atomic E-state index is 0.0825. The maximum Gasteiger partial charge on any atom is 0.323 e. The maximum absolute atomic E-state index is 11.8. The van der Waals surface area contributed by atoms with E-state index in [0.29, 0.717) is 22.5 Å². The molecule has 5 heteroatoms. The Kier molecular flexibility index (Phi) is 2.24. The van der Waals surface area contributed by atoms with Crippen molar-refractivity contribution in [2.75, 3.05) is 6.54 Å². The van der Waals surface area contributed by atoms with Crippen LogP contribution in [0.1, 0.15) is 23.2 Å². The normalized spacial score (nSPS) is 15.1. The van der Waals surface area contributed by atoms with Crippen LogP contribution in [0.3, 0.4) is 0 Å². The first-order valence-corrected chi connectivity index (χ1v) is 5.72. The van der Waals surface area contributed by atoms with Crippen LogP contribution in [0.4, 0.5) is 0 Å². The number of nitrogens with one attached hydrogen (secondary N) is 3. The molecule has 1 aliphatic rings. The van der Waals surface area contributed by atoms with E-state index in [9.17, 15) is 9.59 Å². The van der Waals surface area contributed by atoms with E-state index in [1.807, 2.05) is 0 Å². The number of hydrogen-bond donors (Lipinski definition) is 3. The third-order valence-corrected chi connectivity index (χ3v) is 3.03. The van der Waals surface area contributed by atoms with Gasteiger partial charge in [-0.2, -0.15) is 0 Å². The molecule has 88 valence electrons. The Morgan fingerprint density at radius 3 is 2.82 bits per heavy atom. The second kappa shape index (κ2) is 3.76. The molecule has 3 N–H and O–H groups in total. The summed E-state index contributed by atoms with van der Waals surface area (Å²) in [6.45, 7) is 0.751. The molecule has 0 unspecified atom stereocenters. The predicted octanol–water partition coefficient (Wildman–Crippen LogP) is 0.996. The monoisotopic (exact) mass is 231 g/mol. The molecule has 0 saturated heterocycles. The van der Waals surface area contributed by atoms with Gasteiger partial charge in [0, 0.05) is 12.1 Å². The lowest BCUT2D eigenvalue weighted by molar-refractivity contribution is 0.0952. The molecule has 0 atom stereocenters. The van der Waals surface area contributed by atoms with Crippen LogP contribution >= 0.6 is 0 Å². The zero-order chi connectivity index (χ0) is 11.8. The SMILES string of the molecule is O=C(NCC1CC1)c1ccc2[nH]c(=O)[nH]c2c1. The molecule has 0 radical (unpaired) electrons. The fraction of sp³-hybridized carbons (Fsp3) is 0.333. The average molecular weight is 231 g/mol. The van der Waals surface area contributed by atoms with Gasteiger partial charge in [0.05, 0.1) is 11.0 Å². The molecule has 3 rings (SSSR count). The first kappa shape index (κ1) is 10.1. The Morgan fingerprint density at radius 2 is 2.06 bits per heavy atom. The third-order valence-electron chi connectivity index (χ3n) is 3.03. The summed E-state index contributed by atoms with van der Waals surface area (Å²) in [5, 5.41) is 2.89. The van der Waals surface area contributed by atoms with E-state index in [2.05, 4.69) is 15.3 Å². The van der Waals surface area contributed by atoms with Crippen molar-refractivity contribution in [3.8, 4) is 0 Å². The number of H-pyrrole nitrogens is 2. The standard InChI is InChI=1S/C12H13N3O2/c16-11(13-6-7-1-2-7)8-3-4-9-10(5-8)15-12(17)14-9/h3-5,7H,1-2,6H2,(H,13,16)(H2,14,15,17). The summed E-state index contributed by atoms with van der Waals surface area (Å²) in [5.41, 5.74) is 1.70. The lowest BCUT2D eigenvalue weighted by atomic mass is 10.2. The van der Waals surface area contributed by atoms with Gasteiger partial charge in [-0.1, -0.05) is 0 Å². The number of amides is 1. The summed E-state index contributed by atoms with van der Waals surface area (Å²) in [5.74, 6) is 0.579. The number of aromatic amines is 2. The highest BCUT2D eigenvalue weighted by atomic mass is 16.2. The van der Waals surface area contributed by atoms with Crippen LogP contribution < -0.4 is 11.0 Å². The molecule has 1 amide bonds. The van der Waals surface area contributed by atoms with Crippen LogP contribution in [0.15, 0.2) is 23.0 Å². The molecular formula is C12H13N3O2. The van der Waals surface area contributed by atoms with Crippen molar-refractivity contribution in [2.45, 2.75) is 12.8 Å². The van der Waals surface area contributed by atoms with Crippen LogP contribution in [0.5, 0.6) is 0 Å². The second-order valence-corrected chi connectivity index (χ2v) is 4.49. The largest absolute Gasteiger partial charge is 0.352 e. The number of aromatic nitrogens is 2. The average Bonchev–Trinajstić information content (AvgIpc) is 3.06. The summed E-state index contributed by atoms with van der Waals surface area (Å²) in [6, 6.07) is 5.14. The minimum atomic E-state index is -0.254. The van der Waals surface area contributed by atoms with E-state index in [-0.39, 0.29) is 11.6 Å². The van der Waals surface area contributed by atoms with Gasteiger partial charge in [0.2, 0.25) is 0 Å². The van der Waals surface area contributed by atoms with Gasteiger partial charge in [0.1, 0.15) is 0 Å². The minimum Gasteiger partial charge on any atom is -0.352 e. The van der Waals surface area contributed by atoms with Crippen LogP contribution in [-0.2, 0) is 0 Å². The molecule has 1 aromatic heterocycles. The predicted molar refractivity (Wildman–Crippen MR) is 64.0 cm³/mol. The molecule has 0 bridgehead atoms. The lowest BCUT2D eigenvalue weighted by Gasteiger charge is -2.03. The van der Waals surface area contributed by atoms with Gasteiger partial charge < -0.3 is 15.3 Å². The highest BCUT2D eigenvalue weighted by Gasteiger charge is 2.21. The van der Waals surface area contributed by atoms with Crippen molar-refractivity contribution in [2.24, 2.45) is 5.92 Å². The third kappa shape index (κ3) is 2.08. The van der Waals surface area contributed by atoms with Gasteiger partial charge >= 0.3 is 5.69 Å². The Bertz CT molecular complexity index is 622. The number of rotatable bonds is 3. The summed E-state index contributed by atoms with van der Waals surface area (Å²) in [4.78, 5) is 28.2. The molecule has 0 spiro atoms. The van der Waals surface area contributed by atoms with Gasteiger partial charge in [-0.25, -0.2) is 4.79 Å². The molecular weight excluding hydrogens is 218 g/mol. The van der Waals surface area contributed by atoms with Gasteiger partial charge in [-0.05, 0) is 37.0 Å². The smallest absolute Gasteiger partial charge is 0.323 e. The summed E-state index contributed by atoms with van der Waals surface area (Å²) in [6.07, 6.45) is 2.43. The maximum atomic E-state index is 11.8. The molecule has 5 nitrogen and oxygen atoms in total. The molecule has 1 fully saturated rings. The Labute approximate surface area is 97.2 Å². The number of carbonyl (C=O) groups excluding carboxylic acids is 1. The number of benzene rings is 1. The summed E-state index contributed by atoms with van der Waals surface area (Å²) >= 11 is 0. The van der Waals surface area contributed by atoms with Gasteiger partial charge in [-0.15, -0.1) is 0 Å². The highest BCUT2D eigenvalue weighted by Crippen LogP contribution is 2.27. The van der Waals surface area contributed by atoms with Gasteiger partial charge in [0.25, 0.3) is 5.91 Å². The Hall–Kier alpha value is -2.04. The van der Waals surface area contributed by atoms with Crippen molar-refractivity contribution in [1.29, 1.82) is 0 Å². The molecule has 17 heavy (non-hydrogen) atoms. The highest BCUT2D eigenvalue weighted by molar-refractivity contribution is 5.97. The van der Waals surface area contributed by atoms with E-state index >= 15 is 0 Å². The number of imidazole rings is 1. The number of fused-ring (bicyclic) bond motifs is 1. The fourth-order valence-corrected chi connectivity index (χ4v) is 1.83. The van der Waals surface area contributed by atoms with E-state index in [4.69, 9.17) is 0 Å². The van der Waals surface area contributed by atoms with Crippen molar-refractivity contribution in [3.05, 3.63) is 34.2 Å². The van der Waals surface area contributed by atoms with Gasteiger partial charge in [-0.3, -0.25) is 4.79 Å². The van der Waals surface area contributed by atoms with Crippen LogP contribution in [0.2, 0.25) is 0 Å². The molecule has 1 saturated carbocycles.